The highest BCUT2D eigenvalue weighted by atomic mass is 35.5. The molecule has 5 nitrogen and oxygen atoms in total. The lowest BCUT2D eigenvalue weighted by Crippen LogP contribution is -2.32. The Labute approximate surface area is 164 Å². The molecule has 0 heterocycles. The summed E-state index contributed by atoms with van der Waals surface area (Å²) in [7, 11) is 1.74. The van der Waals surface area contributed by atoms with Crippen LogP contribution in [0, 0.1) is 0 Å². The van der Waals surface area contributed by atoms with Gasteiger partial charge in [0, 0.05) is 26.6 Å². The third-order valence-corrected chi connectivity index (χ3v) is 4.21. The van der Waals surface area contributed by atoms with E-state index >= 15 is 0 Å². The molecule has 0 unspecified atom stereocenters. The Morgan fingerprint density at radius 2 is 1.89 bits per heavy atom. The molecule has 27 heavy (non-hydrogen) atoms. The summed E-state index contributed by atoms with van der Waals surface area (Å²) in [5.74, 6) is 0.419. The largest absolute Gasteiger partial charge is 0.490 e. The van der Waals surface area contributed by atoms with Gasteiger partial charge < -0.3 is 15.0 Å². The van der Waals surface area contributed by atoms with Gasteiger partial charge in [0.1, 0.15) is 12.4 Å². The Morgan fingerprint density at radius 1 is 1.19 bits per heavy atom. The first-order valence-corrected chi connectivity index (χ1v) is 8.98. The molecule has 0 fully saturated rings. The van der Waals surface area contributed by atoms with Gasteiger partial charge in [-0.05, 0) is 29.8 Å². The number of nitrogens with zero attached hydrogens (tertiary/aromatic N) is 1. The summed E-state index contributed by atoms with van der Waals surface area (Å²) in [5, 5.41) is 3.11. The van der Waals surface area contributed by atoms with E-state index in [1.54, 1.807) is 42.3 Å². The molecule has 0 atom stereocenters. The number of nitrogens with one attached hydrogen (secondary N) is 1. The minimum atomic E-state index is -0.286. The van der Waals surface area contributed by atoms with Crippen LogP contribution in [-0.2, 0) is 11.3 Å². The second-order valence-electron chi connectivity index (χ2n) is 5.98. The van der Waals surface area contributed by atoms with Crippen molar-refractivity contribution in [3.63, 3.8) is 0 Å². The summed E-state index contributed by atoms with van der Waals surface area (Å²) < 4.78 is 5.43. The molecule has 1 N–H and O–H groups in total. The first-order valence-electron chi connectivity index (χ1n) is 8.60. The number of ether oxygens (including phenoxy) is 1. The van der Waals surface area contributed by atoms with Crippen molar-refractivity contribution in [3.05, 3.63) is 77.3 Å². The molecule has 2 aromatic rings. The summed E-state index contributed by atoms with van der Waals surface area (Å²) >= 11 is 5.99. The first kappa shape index (κ1) is 20.5. The van der Waals surface area contributed by atoms with E-state index in [9.17, 15) is 9.59 Å². The summed E-state index contributed by atoms with van der Waals surface area (Å²) in [4.78, 5) is 26.0. The Morgan fingerprint density at radius 3 is 2.56 bits per heavy atom. The van der Waals surface area contributed by atoms with Gasteiger partial charge in [0.05, 0.1) is 10.6 Å². The van der Waals surface area contributed by atoms with E-state index in [0.29, 0.717) is 23.7 Å². The van der Waals surface area contributed by atoms with Crippen molar-refractivity contribution in [2.45, 2.75) is 13.0 Å². The fraction of sp³-hybridized carbons (Fsp3) is 0.238. The van der Waals surface area contributed by atoms with Gasteiger partial charge in [-0.1, -0.05) is 48.5 Å². The first-order chi connectivity index (χ1) is 13.0. The monoisotopic (exact) mass is 386 g/mol. The summed E-state index contributed by atoms with van der Waals surface area (Å²) in [6, 6.07) is 14.4. The second kappa shape index (κ2) is 10.4. The van der Waals surface area contributed by atoms with Crippen LogP contribution in [0.4, 0.5) is 0 Å². The van der Waals surface area contributed by atoms with Crippen LogP contribution in [0.3, 0.4) is 0 Å². The Balaban J connectivity index is 1.77. The number of carbonyl (C=O) groups is 2. The predicted molar refractivity (Wildman–Crippen MR) is 107 cm³/mol. The molecular weight excluding hydrogens is 364 g/mol. The summed E-state index contributed by atoms with van der Waals surface area (Å²) in [5.41, 5.74) is 1.40. The average Bonchev–Trinajstić information content (AvgIpc) is 2.67. The van der Waals surface area contributed by atoms with Gasteiger partial charge in [-0.25, -0.2) is 0 Å². The predicted octanol–water partition coefficient (Wildman–Crippen LogP) is 3.68. The average molecular weight is 387 g/mol. The molecule has 0 radical (unpaired) electrons. The topological polar surface area (TPSA) is 58.6 Å². The maximum absolute atomic E-state index is 12.3. The van der Waals surface area contributed by atoms with E-state index < -0.39 is 0 Å². The zero-order chi connectivity index (χ0) is 19.6. The van der Waals surface area contributed by atoms with E-state index in [0.717, 1.165) is 11.3 Å². The molecule has 0 aliphatic rings. The number of hydrogen-bond acceptors (Lipinski definition) is 3. The fourth-order valence-electron chi connectivity index (χ4n) is 2.42. The highest BCUT2D eigenvalue weighted by molar-refractivity contribution is 6.33. The summed E-state index contributed by atoms with van der Waals surface area (Å²) in [6.45, 7) is 4.80. The number of amides is 2. The molecule has 0 spiro atoms. The maximum Gasteiger partial charge on any atom is 0.252 e. The van der Waals surface area contributed by atoms with Crippen LogP contribution in [-0.4, -0.2) is 36.9 Å². The molecule has 142 valence electrons. The number of halogens is 1. The van der Waals surface area contributed by atoms with Gasteiger partial charge in [0.15, 0.2) is 0 Å². The van der Waals surface area contributed by atoms with Crippen LogP contribution >= 0.6 is 11.6 Å². The molecule has 0 aliphatic carbocycles. The molecule has 6 heteroatoms. The SMILES string of the molecule is C=CCOc1ccc(CN(C)C(=O)CCNC(=O)c2ccccc2Cl)cc1. The van der Waals surface area contributed by atoms with Gasteiger partial charge in [0.25, 0.3) is 5.91 Å². The zero-order valence-corrected chi connectivity index (χ0v) is 16.0. The minimum Gasteiger partial charge on any atom is -0.490 e. The number of rotatable bonds is 9. The van der Waals surface area contributed by atoms with Crippen molar-refractivity contribution in [3.8, 4) is 5.75 Å². The molecule has 2 amide bonds. The van der Waals surface area contributed by atoms with Crippen LogP contribution in [0.5, 0.6) is 5.75 Å². The summed E-state index contributed by atoms with van der Waals surface area (Å²) in [6.07, 6.45) is 1.90. The zero-order valence-electron chi connectivity index (χ0n) is 15.3. The highest BCUT2D eigenvalue weighted by Crippen LogP contribution is 2.15. The van der Waals surface area contributed by atoms with Crippen molar-refractivity contribution in [2.75, 3.05) is 20.2 Å². The number of carbonyl (C=O) groups excluding carboxylic acids is 2. The van der Waals surface area contributed by atoms with E-state index in [4.69, 9.17) is 16.3 Å². The van der Waals surface area contributed by atoms with E-state index in [2.05, 4.69) is 11.9 Å². The van der Waals surface area contributed by atoms with Crippen LogP contribution in [0.1, 0.15) is 22.3 Å². The van der Waals surface area contributed by atoms with Crippen molar-refractivity contribution in [2.24, 2.45) is 0 Å². The third-order valence-electron chi connectivity index (χ3n) is 3.88. The van der Waals surface area contributed by atoms with Crippen LogP contribution in [0.25, 0.3) is 0 Å². The van der Waals surface area contributed by atoms with Gasteiger partial charge in [-0.3, -0.25) is 9.59 Å². The third kappa shape index (κ3) is 6.46. The number of benzene rings is 2. The maximum atomic E-state index is 12.3. The van der Waals surface area contributed by atoms with Gasteiger partial charge in [-0.2, -0.15) is 0 Å². The molecule has 0 aliphatic heterocycles. The van der Waals surface area contributed by atoms with Gasteiger partial charge in [-0.15, -0.1) is 0 Å². The van der Waals surface area contributed by atoms with Crippen LogP contribution in [0.2, 0.25) is 5.02 Å². The molecular formula is C21H23ClN2O3. The molecule has 2 aromatic carbocycles. The van der Waals surface area contributed by atoms with Gasteiger partial charge in [0.2, 0.25) is 5.91 Å². The number of hydrogen-bond donors (Lipinski definition) is 1. The van der Waals surface area contributed by atoms with Crippen molar-refractivity contribution < 1.29 is 14.3 Å². The van der Waals surface area contributed by atoms with E-state index in [1.165, 1.54) is 0 Å². The Hall–Kier alpha value is -2.79. The van der Waals surface area contributed by atoms with Crippen LogP contribution in [0.15, 0.2) is 61.2 Å². The van der Waals surface area contributed by atoms with E-state index in [1.807, 2.05) is 24.3 Å². The standard InChI is InChI=1S/C21H23ClN2O3/c1-3-14-27-17-10-8-16(9-11-17)15-24(2)20(25)12-13-23-21(26)18-6-4-5-7-19(18)22/h3-11H,1,12-15H2,2H3,(H,23,26). The fourth-order valence-corrected chi connectivity index (χ4v) is 2.64. The molecule has 0 bridgehead atoms. The van der Waals surface area contributed by atoms with Crippen molar-refractivity contribution >= 4 is 23.4 Å². The smallest absolute Gasteiger partial charge is 0.252 e. The van der Waals surface area contributed by atoms with Crippen molar-refractivity contribution in [1.82, 2.24) is 10.2 Å². The quantitative estimate of drug-likeness (QED) is 0.669. The highest BCUT2D eigenvalue weighted by Gasteiger charge is 2.12. The Kier molecular flexibility index (Phi) is 7.89. The lowest BCUT2D eigenvalue weighted by atomic mass is 10.2. The van der Waals surface area contributed by atoms with Crippen molar-refractivity contribution in [1.29, 1.82) is 0 Å². The normalized spacial score (nSPS) is 10.1. The van der Waals surface area contributed by atoms with E-state index in [-0.39, 0.29) is 24.8 Å². The van der Waals surface area contributed by atoms with Crippen LogP contribution < -0.4 is 10.1 Å². The molecule has 0 aromatic heterocycles. The second-order valence-corrected chi connectivity index (χ2v) is 6.39. The minimum absolute atomic E-state index is 0.0542. The molecule has 0 saturated heterocycles. The molecule has 0 saturated carbocycles. The lowest BCUT2D eigenvalue weighted by Gasteiger charge is -2.18. The van der Waals surface area contributed by atoms with Gasteiger partial charge >= 0.3 is 0 Å². The lowest BCUT2D eigenvalue weighted by molar-refractivity contribution is -0.130. The Bertz CT molecular complexity index is 790. The molecule has 2 rings (SSSR count).